The maximum Gasteiger partial charge on any atom is 0.223 e. The number of hydrogen-bond acceptors (Lipinski definition) is 3. The maximum atomic E-state index is 13.0. The van der Waals surface area contributed by atoms with Gasteiger partial charge in [-0.05, 0) is 36.1 Å². The Kier molecular flexibility index (Phi) is 7.28. The number of amides is 2. The second-order valence-electron chi connectivity index (χ2n) is 7.59. The Morgan fingerprint density at radius 1 is 1.07 bits per heavy atom. The largest absolute Gasteiger partial charge is 0.497 e. The zero-order valence-corrected chi connectivity index (χ0v) is 17.3. The van der Waals surface area contributed by atoms with Crippen LogP contribution in [0.2, 0.25) is 0 Å². The van der Waals surface area contributed by atoms with Gasteiger partial charge in [-0.25, -0.2) is 0 Å². The zero-order chi connectivity index (χ0) is 20.6. The molecule has 2 aromatic carbocycles. The van der Waals surface area contributed by atoms with Gasteiger partial charge in [0.2, 0.25) is 11.8 Å². The first-order chi connectivity index (χ1) is 14.1. The van der Waals surface area contributed by atoms with E-state index in [1.807, 2.05) is 54.4 Å². The van der Waals surface area contributed by atoms with Crippen molar-refractivity contribution in [1.82, 2.24) is 9.80 Å². The van der Waals surface area contributed by atoms with Crippen LogP contribution in [0.1, 0.15) is 42.7 Å². The zero-order valence-electron chi connectivity index (χ0n) is 17.3. The average Bonchev–Trinajstić information content (AvgIpc) is 2.77. The molecular weight excluding hydrogens is 364 g/mol. The Hall–Kier alpha value is -2.82. The first-order valence-electron chi connectivity index (χ1n) is 10.3. The molecule has 5 heteroatoms. The Morgan fingerprint density at radius 2 is 1.76 bits per heavy atom. The molecule has 0 bridgehead atoms. The minimum absolute atomic E-state index is 0.0197. The van der Waals surface area contributed by atoms with Gasteiger partial charge in [-0.3, -0.25) is 9.59 Å². The van der Waals surface area contributed by atoms with Crippen LogP contribution in [0.15, 0.2) is 54.6 Å². The van der Waals surface area contributed by atoms with E-state index in [9.17, 15) is 9.59 Å². The van der Waals surface area contributed by atoms with Crippen LogP contribution in [-0.2, 0) is 9.59 Å². The summed E-state index contributed by atoms with van der Waals surface area (Å²) in [6.45, 7) is 1.98. The number of likely N-dealkylation sites (tertiary alicyclic amines) is 1. The van der Waals surface area contributed by atoms with Crippen molar-refractivity contribution in [1.29, 1.82) is 0 Å². The van der Waals surface area contributed by atoms with Crippen molar-refractivity contribution in [3.05, 3.63) is 65.7 Å². The van der Waals surface area contributed by atoms with Crippen molar-refractivity contribution in [3.8, 4) is 5.75 Å². The number of carbonyl (C=O) groups excluding carboxylic acids is 2. The van der Waals surface area contributed by atoms with Gasteiger partial charge in [0.05, 0.1) is 7.11 Å². The average molecular weight is 395 g/mol. The normalized spacial score (nSPS) is 15.1. The highest BCUT2D eigenvalue weighted by molar-refractivity contribution is 5.78. The number of piperidine rings is 1. The molecule has 0 aromatic heterocycles. The molecule has 1 saturated heterocycles. The molecule has 5 nitrogen and oxygen atoms in total. The molecule has 1 aliphatic heterocycles. The van der Waals surface area contributed by atoms with Crippen LogP contribution >= 0.6 is 0 Å². The highest BCUT2D eigenvalue weighted by Crippen LogP contribution is 2.30. The molecule has 1 heterocycles. The molecule has 1 aliphatic rings. The third-order valence-corrected chi connectivity index (χ3v) is 5.65. The van der Waals surface area contributed by atoms with E-state index in [1.54, 1.807) is 12.0 Å². The molecule has 0 radical (unpaired) electrons. The van der Waals surface area contributed by atoms with E-state index in [1.165, 1.54) is 0 Å². The molecule has 1 fully saturated rings. The second-order valence-corrected chi connectivity index (χ2v) is 7.59. The van der Waals surface area contributed by atoms with Crippen LogP contribution in [0.25, 0.3) is 0 Å². The predicted octanol–water partition coefficient (Wildman–Crippen LogP) is 3.69. The van der Waals surface area contributed by atoms with Crippen molar-refractivity contribution in [2.24, 2.45) is 0 Å². The van der Waals surface area contributed by atoms with Gasteiger partial charge in [0.1, 0.15) is 5.75 Å². The number of rotatable bonds is 8. The smallest absolute Gasteiger partial charge is 0.223 e. The van der Waals surface area contributed by atoms with Crippen LogP contribution in [0.3, 0.4) is 0 Å². The Labute approximate surface area is 173 Å². The summed E-state index contributed by atoms with van der Waals surface area (Å²) in [6, 6.07) is 18.0. The molecule has 3 rings (SSSR count). The van der Waals surface area contributed by atoms with Crippen molar-refractivity contribution in [3.63, 3.8) is 0 Å². The first kappa shape index (κ1) is 20.9. The van der Waals surface area contributed by atoms with Crippen molar-refractivity contribution >= 4 is 11.8 Å². The van der Waals surface area contributed by atoms with Gasteiger partial charge in [0.15, 0.2) is 0 Å². The number of methoxy groups -OCH3 is 1. The second kappa shape index (κ2) is 10.1. The van der Waals surface area contributed by atoms with Crippen LogP contribution in [0, 0.1) is 0 Å². The van der Waals surface area contributed by atoms with E-state index in [0.717, 1.165) is 36.3 Å². The highest BCUT2D eigenvalue weighted by Gasteiger charge is 2.22. The summed E-state index contributed by atoms with van der Waals surface area (Å²) in [6.07, 6.45) is 3.05. The highest BCUT2D eigenvalue weighted by atomic mass is 16.5. The van der Waals surface area contributed by atoms with Crippen molar-refractivity contribution in [2.75, 3.05) is 33.8 Å². The molecule has 2 aromatic rings. The molecule has 0 saturated carbocycles. The van der Waals surface area contributed by atoms with Crippen LogP contribution < -0.4 is 4.74 Å². The minimum atomic E-state index is -0.0197. The van der Waals surface area contributed by atoms with Crippen LogP contribution in [0.5, 0.6) is 5.75 Å². The fourth-order valence-electron chi connectivity index (χ4n) is 3.77. The summed E-state index contributed by atoms with van der Waals surface area (Å²) in [5.41, 5.74) is 2.20. The molecule has 29 heavy (non-hydrogen) atoms. The number of benzene rings is 2. The summed E-state index contributed by atoms with van der Waals surface area (Å²) < 4.78 is 5.26. The van der Waals surface area contributed by atoms with E-state index in [0.29, 0.717) is 25.9 Å². The molecular formula is C24H30N2O3. The van der Waals surface area contributed by atoms with Crippen LogP contribution in [0.4, 0.5) is 0 Å². The van der Waals surface area contributed by atoms with Gasteiger partial charge in [-0.1, -0.05) is 42.5 Å². The van der Waals surface area contributed by atoms with E-state index in [2.05, 4.69) is 12.1 Å². The number of ether oxygens (including phenoxy) is 1. The summed E-state index contributed by atoms with van der Waals surface area (Å²) in [5.74, 6) is 1.07. The van der Waals surface area contributed by atoms with Gasteiger partial charge in [0, 0.05) is 45.4 Å². The molecule has 0 spiro atoms. The standard InChI is InChI=1S/C24H30N2O3/c1-25(16-17-26-15-7-6-10-23(26)27)24(28)18-22(19-8-4-3-5-9-19)20-11-13-21(29-2)14-12-20/h3-5,8-9,11-14,22H,6-7,10,15-18H2,1-2H3/t22-/m1/s1. The number of nitrogens with zero attached hydrogens (tertiary/aromatic N) is 2. The maximum absolute atomic E-state index is 13.0. The quantitative estimate of drug-likeness (QED) is 0.686. The fraction of sp³-hybridized carbons (Fsp3) is 0.417. The van der Waals surface area contributed by atoms with Gasteiger partial charge >= 0.3 is 0 Å². The van der Waals surface area contributed by atoms with E-state index in [4.69, 9.17) is 4.74 Å². The van der Waals surface area contributed by atoms with Gasteiger partial charge < -0.3 is 14.5 Å². The molecule has 0 aliphatic carbocycles. The van der Waals surface area contributed by atoms with E-state index in [-0.39, 0.29) is 17.7 Å². The van der Waals surface area contributed by atoms with Crippen LogP contribution in [-0.4, -0.2) is 55.4 Å². The first-order valence-corrected chi connectivity index (χ1v) is 10.3. The lowest BCUT2D eigenvalue weighted by atomic mass is 9.88. The predicted molar refractivity (Wildman–Crippen MR) is 114 cm³/mol. The Morgan fingerprint density at radius 3 is 2.41 bits per heavy atom. The molecule has 2 amide bonds. The van der Waals surface area contributed by atoms with Crippen molar-refractivity contribution < 1.29 is 14.3 Å². The third-order valence-electron chi connectivity index (χ3n) is 5.65. The molecule has 1 atom stereocenters. The number of likely N-dealkylation sites (N-methyl/N-ethyl adjacent to an activating group) is 1. The number of carbonyl (C=O) groups is 2. The van der Waals surface area contributed by atoms with Gasteiger partial charge in [-0.2, -0.15) is 0 Å². The minimum Gasteiger partial charge on any atom is -0.497 e. The van der Waals surface area contributed by atoms with Crippen molar-refractivity contribution in [2.45, 2.75) is 31.6 Å². The Balaban J connectivity index is 1.67. The number of hydrogen-bond donors (Lipinski definition) is 0. The molecule has 0 N–H and O–H groups in total. The lowest BCUT2D eigenvalue weighted by Crippen LogP contribution is -2.41. The van der Waals surface area contributed by atoms with E-state index < -0.39 is 0 Å². The van der Waals surface area contributed by atoms with Gasteiger partial charge in [-0.15, -0.1) is 0 Å². The molecule has 154 valence electrons. The molecule has 0 unspecified atom stereocenters. The topological polar surface area (TPSA) is 49.9 Å². The lowest BCUT2D eigenvalue weighted by Gasteiger charge is -2.29. The van der Waals surface area contributed by atoms with E-state index >= 15 is 0 Å². The summed E-state index contributed by atoms with van der Waals surface area (Å²) in [4.78, 5) is 28.6. The third kappa shape index (κ3) is 5.59. The summed E-state index contributed by atoms with van der Waals surface area (Å²) in [5, 5.41) is 0. The fourth-order valence-corrected chi connectivity index (χ4v) is 3.77. The summed E-state index contributed by atoms with van der Waals surface area (Å²) in [7, 11) is 3.47. The van der Waals surface area contributed by atoms with Gasteiger partial charge in [0.25, 0.3) is 0 Å². The summed E-state index contributed by atoms with van der Waals surface area (Å²) >= 11 is 0. The Bertz CT molecular complexity index is 805. The monoisotopic (exact) mass is 394 g/mol. The SMILES string of the molecule is COc1ccc([C@H](CC(=O)N(C)CCN2CCCCC2=O)c2ccccc2)cc1. The lowest BCUT2D eigenvalue weighted by molar-refractivity contribution is -0.135.